The van der Waals surface area contributed by atoms with E-state index >= 15 is 0 Å². The summed E-state index contributed by atoms with van der Waals surface area (Å²) in [4.78, 5) is 15.5. The van der Waals surface area contributed by atoms with Gasteiger partial charge in [0.1, 0.15) is 11.5 Å². The molecule has 6 rings (SSSR count). The second-order valence-corrected chi connectivity index (χ2v) is 10.6. The van der Waals surface area contributed by atoms with E-state index in [2.05, 4.69) is 41.5 Å². The van der Waals surface area contributed by atoms with Crippen LogP contribution in [0.3, 0.4) is 0 Å². The van der Waals surface area contributed by atoms with Gasteiger partial charge in [0.25, 0.3) is 0 Å². The Balaban J connectivity index is 1.15. The SMILES string of the molecule is Brc1c[nH]c2nc(Nc3cnn(C4CCOCC4)c3)nc(NC3CCC(N4CCOCC4)CC3)c12. The lowest BCUT2D eigenvalue weighted by molar-refractivity contribution is 0.00791. The number of ether oxygens (including phenoxy) is 2. The third-order valence-corrected chi connectivity index (χ3v) is 8.13. The van der Waals surface area contributed by atoms with Gasteiger partial charge in [0.15, 0.2) is 0 Å². The van der Waals surface area contributed by atoms with Gasteiger partial charge in [0.05, 0.1) is 36.5 Å². The van der Waals surface area contributed by atoms with Crippen LogP contribution in [0.5, 0.6) is 0 Å². The van der Waals surface area contributed by atoms with Crippen LogP contribution in [0.1, 0.15) is 44.6 Å². The van der Waals surface area contributed by atoms with E-state index in [9.17, 15) is 0 Å². The molecule has 0 aromatic carbocycles. The zero-order valence-corrected chi connectivity index (χ0v) is 21.5. The number of aromatic nitrogens is 5. The third-order valence-electron chi connectivity index (χ3n) is 7.51. The molecule has 0 bridgehead atoms. The molecule has 0 radical (unpaired) electrons. The number of H-pyrrole nitrogens is 1. The fourth-order valence-electron chi connectivity index (χ4n) is 5.56. The summed E-state index contributed by atoms with van der Waals surface area (Å²) in [6, 6.07) is 1.45. The van der Waals surface area contributed by atoms with Crippen LogP contribution in [0.25, 0.3) is 11.0 Å². The molecule has 11 heteroatoms. The molecular weight excluding hydrogens is 512 g/mol. The van der Waals surface area contributed by atoms with Crippen LogP contribution < -0.4 is 10.6 Å². The topological polar surface area (TPSA) is 105 Å². The summed E-state index contributed by atoms with van der Waals surface area (Å²) in [5, 5.41) is 12.7. The van der Waals surface area contributed by atoms with Crippen LogP contribution in [0.4, 0.5) is 17.5 Å². The number of rotatable bonds is 6. The fourth-order valence-corrected chi connectivity index (χ4v) is 6.05. The molecular formula is C24H33BrN8O2. The van der Waals surface area contributed by atoms with Crippen LogP contribution in [0, 0.1) is 0 Å². The summed E-state index contributed by atoms with van der Waals surface area (Å²) >= 11 is 3.67. The Bertz CT molecular complexity index is 1130. The van der Waals surface area contributed by atoms with Crippen molar-refractivity contribution in [1.29, 1.82) is 0 Å². The van der Waals surface area contributed by atoms with Gasteiger partial charge in [-0.1, -0.05) is 0 Å². The van der Waals surface area contributed by atoms with Gasteiger partial charge in [-0.2, -0.15) is 15.1 Å². The lowest BCUT2D eigenvalue weighted by Crippen LogP contribution is -2.46. The van der Waals surface area contributed by atoms with Crippen molar-refractivity contribution in [2.75, 3.05) is 50.2 Å². The predicted molar refractivity (Wildman–Crippen MR) is 138 cm³/mol. The Labute approximate surface area is 213 Å². The molecule has 3 fully saturated rings. The van der Waals surface area contributed by atoms with Gasteiger partial charge in [-0.05, 0) is 54.5 Å². The number of aromatic amines is 1. The Kier molecular flexibility index (Phi) is 6.91. The molecule has 188 valence electrons. The first kappa shape index (κ1) is 23.2. The number of hydrogen-bond donors (Lipinski definition) is 3. The molecule has 0 amide bonds. The van der Waals surface area contributed by atoms with Gasteiger partial charge >= 0.3 is 0 Å². The van der Waals surface area contributed by atoms with E-state index in [1.165, 1.54) is 12.8 Å². The number of nitrogens with one attached hydrogen (secondary N) is 3. The summed E-state index contributed by atoms with van der Waals surface area (Å²) in [5.74, 6) is 1.42. The van der Waals surface area contributed by atoms with Crippen molar-refractivity contribution in [3.05, 3.63) is 23.1 Å². The lowest BCUT2D eigenvalue weighted by Gasteiger charge is -2.39. The summed E-state index contributed by atoms with van der Waals surface area (Å²) in [7, 11) is 0. The van der Waals surface area contributed by atoms with Gasteiger partial charge in [0.2, 0.25) is 5.95 Å². The molecule has 0 atom stereocenters. The zero-order chi connectivity index (χ0) is 23.6. The van der Waals surface area contributed by atoms with Crippen LogP contribution in [-0.4, -0.2) is 81.2 Å². The van der Waals surface area contributed by atoms with Crippen LogP contribution in [0.15, 0.2) is 23.1 Å². The van der Waals surface area contributed by atoms with E-state index in [1.54, 1.807) is 0 Å². The number of morpholine rings is 1. The molecule has 0 spiro atoms. The maximum Gasteiger partial charge on any atom is 0.231 e. The second-order valence-electron chi connectivity index (χ2n) is 9.73. The minimum atomic E-state index is 0.381. The number of anilines is 3. The number of fused-ring (bicyclic) bond motifs is 1. The molecule has 35 heavy (non-hydrogen) atoms. The summed E-state index contributed by atoms with van der Waals surface area (Å²) in [6.45, 7) is 5.43. The Morgan fingerprint density at radius 3 is 2.51 bits per heavy atom. The highest BCUT2D eigenvalue weighted by Crippen LogP contribution is 2.33. The summed E-state index contributed by atoms with van der Waals surface area (Å²) < 4.78 is 14.0. The van der Waals surface area contributed by atoms with Crippen LogP contribution in [-0.2, 0) is 9.47 Å². The summed E-state index contributed by atoms with van der Waals surface area (Å²) in [5.41, 5.74) is 1.69. The molecule has 2 saturated heterocycles. The Morgan fingerprint density at radius 1 is 0.943 bits per heavy atom. The minimum absolute atomic E-state index is 0.381. The molecule has 0 unspecified atom stereocenters. The van der Waals surface area contributed by atoms with E-state index in [1.807, 2.05) is 23.3 Å². The highest BCUT2D eigenvalue weighted by atomic mass is 79.9. The fraction of sp³-hybridized carbons (Fsp3) is 0.625. The lowest BCUT2D eigenvalue weighted by atomic mass is 9.90. The predicted octanol–water partition coefficient (Wildman–Crippen LogP) is 4.07. The maximum absolute atomic E-state index is 5.53. The van der Waals surface area contributed by atoms with Gasteiger partial charge in [-0.3, -0.25) is 9.58 Å². The van der Waals surface area contributed by atoms with Crippen molar-refractivity contribution >= 4 is 44.4 Å². The number of hydrogen-bond acceptors (Lipinski definition) is 8. The first-order valence-electron chi connectivity index (χ1n) is 12.7. The van der Waals surface area contributed by atoms with Crippen LogP contribution >= 0.6 is 15.9 Å². The normalized spacial score (nSPS) is 24.6. The van der Waals surface area contributed by atoms with Crippen LogP contribution in [0.2, 0.25) is 0 Å². The van der Waals surface area contributed by atoms with Gasteiger partial charge in [0, 0.05) is 55.3 Å². The van der Waals surface area contributed by atoms with E-state index in [0.29, 0.717) is 24.1 Å². The average molecular weight is 545 g/mol. The first-order chi connectivity index (χ1) is 17.2. The molecule has 3 N–H and O–H groups in total. The third kappa shape index (κ3) is 5.18. The molecule has 3 aromatic heterocycles. The van der Waals surface area contributed by atoms with Crippen molar-refractivity contribution in [2.24, 2.45) is 0 Å². The average Bonchev–Trinajstić information content (AvgIpc) is 3.52. The minimum Gasteiger partial charge on any atom is -0.381 e. The quantitative estimate of drug-likeness (QED) is 0.426. The highest BCUT2D eigenvalue weighted by Gasteiger charge is 2.28. The van der Waals surface area contributed by atoms with E-state index < -0.39 is 0 Å². The van der Waals surface area contributed by atoms with E-state index in [-0.39, 0.29) is 0 Å². The van der Waals surface area contributed by atoms with Crippen molar-refractivity contribution < 1.29 is 9.47 Å². The molecule has 1 saturated carbocycles. The van der Waals surface area contributed by atoms with Gasteiger partial charge < -0.3 is 25.1 Å². The number of halogens is 1. The molecule has 1 aliphatic carbocycles. The van der Waals surface area contributed by atoms with Crippen molar-refractivity contribution in [3.63, 3.8) is 0 Å². The van der Waals surface area contributed by atoms with Crippen molar-refractivity contribution in [1.82, 2.24) is 29.6 Å². The largest absolute Gasteiger partial charge is 0.381 e. The standard InChI is InChI=1S/C24H33BrN8O2/c25-20-14-26-22-21(20)23(28-16-1-3-18(4-2-16)32-7-11-35-12-8-32)31-24(30-22)29-17-13-27-33(15-17)19-5-9-34-10-6-19/h13-16,18-19H,1-12H2,(H3,26,28,29,30,31). The molecule has 2 aliphatic heterocycles. The number of nitrogens with zero attached hydrogens (tertiary/aromatic N) is 5. The molecule has 3 aromatic rings. The second kappa shape index (κ2) is 10.4. The van der Waals surface area contributed by atoms with Gasteiger partial charge in [-0.15, -0.1) is 0 Å². The van der Waals surface area contributed by atoms with E-state index in [4.69, 9.17) is 19.4 Å². The zero-order valence-electron chi connectivity index (χ0n) is 19.9. The van der Waals surface area contributed by atoms with Crippen molar-refractivity contribution in [2.45, 2.75) is 56.7 Å². The first-order valence-corrected chi connectivity index (χ1v) is 13.5. The smallest absolute Gasteiger partial charge is 0.231 e. The molecule has 5 heterocycles. The van der Waals surface area contributed by atoms with Crippen molar-refractivity contribution in [3.8, 4) is 0 Å². The Hall–Kier alpha value is -2.21. The summed E-state index contributed by atoms with van der Waals surface area (Å²) in [6.07, 6.45) is 12.5. The highest BCUT2D eigenvalue weighted by molar-refractivity contribution is 9.10. The van der Waals surface area contributed by atoms with E-state index in [0.717, 1.165) is 92.2 Å². The Morgan fingerprint density at radius 2 is 1.71 bits per heavy atom. The molecule has 10 nitrogen and oxygen atoms in total. The monoisotopic (exact) mass is 544 g/mol. The van der Waals surface area contributed by atoms with Gasteiger partial charge in [-0.25, -0.2) is 0 Å². The molecule has 3 aliphatic rings. The maximum atomic E-state index is 5.53.